The summed E-state index contributed by atoms with van der Waals surface area (Å²) < 4.78 is 5.34. The standard InChI is InChI=1S/C17H15N7S/c18-11-7-24(8-11)15-4-3-13-16(23-15)17(20-9-19-13)22-12-2-1-10-6-21-25-14(10)5-12/h1-6,9,11H,7-8,18H2,(H,19,20,22). The number of hydrogen-bond donors (Lipinski definition) is 2. The van der Waals surface area contributed by atoms with Gasteiger partial charge < -0.3 is 16.0 Å². The Kier molecular flexibility index (Phi) is 3.25. The van der Waals surface area contributed by atoms with E-state index in [-0.39, 0.29) is 6.04 Å². The zero-order valence-corrected chi connectivity index (χ0v) is 14.1. The van der Waals surface area contributed by atoms with Crippen molar-refractivity contribution >= 4 is 50.0 Å². The number of benzene rings is 1. The minimum atomic E-state index is 0.230. The lowest BCUT2D eigenvalue weighted by Crippen LogP contribution is -2.56. The van der Waals surface area contributed by atoms with Crippen molar-refractivity contribution in [3.63, 3.8) is 0 Å². The minimum absolute atomic E-state index is 0.230. The van der Waals surface area contributed by atoms with E-state index in [1.165, 1.54) is 11.5 Å². The number of nitrogens with one attached hydrogen (secondary N) is 1. The Bertz CT molecular complexity index is 1070. The molecular formula is C17H15N7S. The maximum absolute atomic E-state index is 5.88. The van der Waals surface area contributed by atoms with Gasteiger partial charge in [0.15, 0.2) is 5.82 Å². The second-order valence-corrected chi connectivity index (χ2v) is 6.96. The number of aromatic nitrogens is 4. The molecule has 0 radical (unpaired) electrons. The van der Waals surface area contributed by atoms with Gasteiger partial charge in [0, 0.05) is 36.4 Å². The largest absolute Gasteiger partial charge is 0.353 e. The lowest BCUT2D eigenvalue weighted by molar-refractivity contribution is 0.515. The van der Waals surface area contributed by atoms with Crippen LogP contribution in [0.4, 0.5) is 17.3 Å². The molecule has 0 amide bonds. The Morgan fingerprint density at radius 2 is 2.08 bits per heavy atom. The van der Waals surface area contributed by atoms with Crippen LogP contribution in [-0.4, -0.2) is 38.5 Å². The molecule has 4 aromatic rings. The topological polar surface area (TPSA) is 92.8 Å². The number of fused-ring (bicyclic) bond motifs is 2. The van der Waals surface area contributed by atoms with Crippen LogP contribution in [0.3, 0.4) is 0 Å². The van der Waals surface area contributed by atoms with Gasteiger partial charge in [-0.1, -0.05) is 0 Å². The van der Waals surface area contributed by atoms with Crippen LogP contribution in [0.5, 0.6) is 0 Å². The Morgan fingerprint density at radius 1 is 1.16 bits per heavy atom. The van der Waals surface area contributed by atoms with Gasteiger partial charge in [0.1, 0.15) is 17.7 Å². The number of rotatable bonds is 3. The zero-order chi connectivity index (χ0) is 16.8. The molecule has 3 aromatic heterocycles. The third-order valence-corrected chi connectivity index (χ3v) is 5.08. The second kappa shape index (κ2) is 5.61. The predicted molar refractivity (Wildman–Crippen MR) is 100 cm³/mol. The fourth-order valence-corrected chi connectivity index (χ4v) is 3.66. The predicted octanol–water partition coefficient (Wildman–Crippen LogP) is 2.53. The van der Waals surface area contributed by atoms with Crippen molar-refractivity contribution < 1.29 is 0 Å². The summed E-state index contributed by atoms with van der Waals surface area (Å²) in [4.78, 5) is 15.6. The number of nitrogens with two attached hydrogens (primary N) is 1. The van der Waals surface area contributed by atoms with Gasteiger partial charge in [-0.05, 0) is 41.9 Å². The molecule has 7 nitrogen and oxygen atoms in total. The summed E-state index contributed by atoms with van der Waals surface area (Å²) in [5.74, 6) is 1.60. The van der Waals surface area contributed by atoms with Crippen molar-refractivity contribution in [1.82, 2.24) is 19.3 Å². The highest BCUT2D eigenvalue weighted by molar-refractivity contribution is 7.13. The smallest absolute Gasteiger partial charge is 0.160 e. The fraction of sp³-hybridized carbons (Fsp3) is 0.176. The first-order valence-electron chi connectivity index (χ1n) is 8.00. The number of hydrogen-bond acceptors (Lipinski definition) is 8. The van der Waals surface area contributed by atoms with E-state index in [2.05, 4.69) is 30.6 Å². The summed E-state index contributed by atoms with van der Waals surface area (Å²) in [6.45, 7) is 1.66. The highest BCUT2D eigenvalue weighted by atomic mass is 32.1. The number of pyridine rings is 1. The van der Waals surface area contributed by atoms with Gasteiger partial charge >= 0.3 is 0 Å². The van der Waals surface area contributed by atoms with Gasteiger partial charge in [0.2, 0.25) is 0 Å². The van der Waals surface area contributed by atoms with Gasteiger partial charge in [-0.3, -0.25) is 0 Å². The maximum Gasteiger partial charge on any atom is 0.160 e. The molecule has 0 aliphatic carbocycles. The Morgan fingerprint density at radius 3 is 2.96 bits per heavy atom. The SMILES string of the molecule is NC1CN(c2ccc3ncnc(Nc4ccc5cnsc5c4)c3n2)C1. The summed E-state index contributed by atoms with van der Waals surface area (Å²) >= 11 is 1.48. The van der Waals surface area contributed by atoms with E-state index in [0.717, 1.165) is 45.7 Å². The molecular weight excluding hydrogens is 334 g/mol. The second-order valence-electron chi connectivity index (χ2n) is 6.13. The van der Waals surface area contributed by atoms with E-state index in [4.69, 9.17) is 10.7 Å². The van der Waals surface area contributed by atoms with Gasteiger partial charge in [-0.25, -0.2) is 15.0 Å². The van der Waals surface area contributed by atoms with Crippen LogP contribution in [-0.2, 0) is 0 Å². The average Bonchev–Trinajstić information content (AvgIpc) is 3.07. The summed E-state index contributed by atoms with van der Waals surface area (Å²) in [6.07, 6.45) is 3.42. The molecule has 5 rings (SSSR count). The quantitative estimate of drug-likeness (QED) is 0.587. The van der Waals surface area contributed by atoms with Crippen LogP contribution in [0.15, 0.2) is 42.9 Å². The molecule has 1 fully saturated rings. The van der Waals surface area contributed by atoms with Gasteiger partial charge in [-0.2, -0.15) is 4.37 Å². The van der Waals surface area contributed by atoms with E-state index in [1.807, 2.05) is 30.5 Å². The van der Waals surface area contributed by atoms with Gasteiger partial charge in [0.05, 0.1) is 10.2 Å². The molecule has 4 heterocycles. The summed E-state index contributed by atoms with van der Waals surface area (Å²) in [5, 5.41) is 4.50. The Balaban J connectivity index is 1.53. The van der Waals surface area contributed by atoms with Crippen LogP contribution < -0.4 is 16.0 Å². The minimum Gasteiger partial charge on any atom is -0.353 e. The zero-order valence-electron chi connectivity index (χ0n) is 13.3. The Labute approximate surface area is 147 Å². The van der Waals surface area contributed by atoms with Crippen LogP contribution in [0.2, 0.25) is 0 Å². The third-order valence-electron chi connectivity index (χ3n) is 4.32. The van der Waals surface area contributed by atoms with E-state index in [0.29, 0.717) is 5.82 Å². The molecule has 0 atom stereocenters. The summed E-state index contributed by atoms with van der Waals surface area (Å²) in [7, 11) is 0. The van der Waals surface area contributed by atoms with Crippen LogP contribution in [0, 0.1) is 0 Å². The third kappa shape index (κ3) is 2.55. The van der Waals surface area contributed by atoms with E-state index < -0.39 is 0 Å². The lowest BCUT2D eigenvalue weighted by Gasteiger charge is -2.37. The first-order chi connectivity index (χ1) is 12.3. The van der Waals surface area contributed by atoms with Crippen molar-refractivity contribution in [1.29, 1.82) is 0 Å². The van der Waals surface area contributed by atoms with Crippen LogP contribution in [0.25, 0.3) is 21.1 Å². The fourth-order valence-electron chi connectivity index (χ4n) is 2.97. The molecule has 3 N–H and O–H groups in total. The molecule has 1 aliphatic rings. The molecule has 8 heteroatoms. The lowest BCUT2D eigenvalue weighted by atomic mass is 10.1. The van der Waals surface area contributed by atoms with E-state index in [1.54, 1.807) is 6.33 Å². The molecule has 1 saturated heterocycles. The number of anilines is 3. The molecule has 124 valence electrons. The molecule has 1 aromatic carbocycles. The molecule has 25 heavy (non-hydrogen) atoms. The van der Waals surface area contributed by atoms with Crippen LogP contribution >= 0.6 is 11.5 Å². The average molecular weight is 349 g/mol. The normalized spacial score (nSPS) is 14.8. The highest BCUT2D eigenvalue weighted by Gasteiger charge is 2.24. The van der Waals surface area contributed by atoms with Crippen molar-refractivity contribution in [3.05, 3.63) is 42.9 Å². The number of nitrogens with zero attached hydrogens (tertiary/aromatic N) is 5. The Hall–Kier alpha value is -2.84. The molecule has 0 spiro atoms. The van der Waals surface area contributed by atoms with Crippen molar-refractivity contribution in [2.45, 2.75) is 6.04 Å². The molecule has 0 unspecified atom stereocenters. The first kappa shape index (κ1) is 14.5. The monoisotopic (exact) mass is 349 g/mol. The molecule has 0 bridgehead atoms. The maximum atomic E-state index is 5.88. The van der Waals surface area contributed by atoms with Gasteiger partial charge in [-0.15, -0.1) is 0 Å². The van der Waals surface area contributed by atoms with Crippen molar-refractivity contribution in [2.75, 3.05) is 23.3 Å². The van der Waals surface area contributed by atoms with E-state index in [9.17, 15) is 0 Å². The van der Waals surface area contributed by atoms with Crippen molar-refractivity contribution in [2.24, 2.45) is 5.73 Å². The first-order valence-corrected chi connectivity index (χ1v) is 8.77. The summed E-state index contributed by atoms with van der Waals surface area (Å²) in [5.41, 5.74) is 8.40. The van der Waals surface area contributed by atoms with Gasteiger partial charge in [0.25, 0.3) is 0 Å². The van der Waals surface area contributed by atoms with Crippen molar-refractivity contribution in [3.8, 4) is 0 Å². The van der Waals surface area contributed by atoms with Crippen LogP contribution in [0.1, 0.15) is 0 Å². The highest BCUT2D eigenvalue weighted by Crippen LogP contribution is 2.28. The summed E-state index contributed by atoms with van der Waals surface area (Å²) in [6, 6.07) is 10.3. The molecule has 1 aliphatic heterocycles. The van der Waals surface area contributed by atoms with E-state index >= 15 is 0 Å². The molecule has 0 saturated carbocycles.